The lowest BCUT2D eigenvalue weighted by Gasteiger charge is -2.25. The van der Waals surface area contributed by atoms with E-state index in [1.807, 2.05) is 0 Å². The lowest BCUT2D eigenvalue weighted by Crippen LogP contribution is -2.30. The highest BCUT2D eigenvalue weighted by Crippen LogP contribution is 2.44. The smallest absolute Gasteiger partial charge is 0.348 e. The van der Waals surface area contributed by atoms with Gasteiger partial charge in [-0.3, -0.25) is 20.2 Å². The van der Waals surface area contributed by atoms with Gasteiger partial charge < -0.3 is 4.90 Å². The molecule has 0 N–H and O–H groups in total. The van der Waals surface area contributed by atoms with Crippen LogP contribution in [0.3, 0.4) is 0 Å². The van der Waals surface area contributed by atoms with Crippen molar-refractivity contribution < 1.29 is 23.0 Å². The zero-order valence-corrected chi connectivity index (χ0v) is 13.0. The standard InChI is InChI=1S/C11H11BrF3N3O4/c1-3-16(6(2)12)10-8(17(19)20)4-7(11(13,14)15)5-9(10)18(21)22/h4-6H,3H2,1-2H3. The largest absolute Gasteiger partial charge is 0.416 e. The van der Waals surface area contributed by atoms with E-state index in [-0.39, 0.29) is 6.54 Å². The topological polar surface area (TPSA) is 89.5 Å². The number of hydrogen-bond acceptors (Lipinski definition) is 5. The number of nitro benzene ring substituents is 2. The lowest BCUT2D eigenvalue weighted by atomic mass is 10.1. The van der Waals surface area contributed by atoms with Crippen molar-refractivity contribution in [1.29, 1.82) is 0 Å². The van der Waals surface area contributed by atoms with Gasteiger partial charge in [0.25, 0.3) is 11.4 Å². The van der Waals surface area contributed by atoms with Crippen LogP contribution in [0.15, 0.2) is 12.1 Å². The molecule has 11 heteroatoms. The Bertz CT molecular complexity index is 572. The molecule has 1 rings (SSSR count). The van der Waals surface area contributed by atoms with Crippen molar-refractivity contribution in [3.05, 3.63) is 37.9 Å². The molecular formula is C11H11BrF3N3O4. The molecule has 1 aromatic carbocycles. The van der Waals surface area contributed by atoms with Crippen LogP contribution in [0.1, 0.15) is 19.4 Å². The van der Waals surface area contributed by atoms with E-state index in [2.05, 4.69) is 15.9 Å². The fourth-order valence-corrected chi connectivity index (χ4v) is 2.42. The summed E-state index contributed by atoms with van der Waals surface area (Å²) in [5, 5.41) is 22.2. The number of nitro groups is 2. The molecule has 0 spiro atoms. The quantitative estimate of drug-likeness (QED) is 0.329. The van der Waals surface area contributed by atoms with Crippen molar-refractivity contribution in [2.75, 3.05) is 11.4 Å². The summed E-state index contributed by atoms with van der Waals surface area (Å²) in [5.41, 5.74) is -3.83. The van der Waals surface area contributed by atoms with Gasteiger partial charge in [-0.05, 0) is 13.8 Å². The van der Waals surface area contributed by atoms with Crippen LogP contribution < -0.4 is 4.90 Å². The molecule has 0 heterocycles. The number of hydrogen-bond donors (Lipinski definition) is 0. The van der Waals surface area contributed by atoms with Gasteiger partial charge in [0.1, 0.15) is 0 Å². The molecule has 1 aromatic rings. The first kappa shape index (κ1) is 18.1. The fourth-order valence-electron chi connectivity index (χ4n) is 1.93. The molecule has 0 bridgehead atoms. The summed E-state index contributed by atoms with van der Waals surface area (Å²) in [4.78, 5) is 20.7. The van der Waals surface area contributed by atoms with Crippen LogP contribution in [-0.2, 0) is 6.18 Å². The number of nitrogens with zero attached hydrogens (tertiary/aromatic N) is 3. The van der Waals surface area contributed by atoms with Crippen LogP contribution in [0.5, 0.6) is 0 Å². The molecular weight excluding hydrogens is 375 g/mol. The van der Waals surface area contributed by atoms with E-state index in [0.717, 1.165) is 0 Å². The Balaban J connectivity index is 3.80. The van der Waals surface area contributed by atoms with Crippen LogP contribution in [0.2, 0.25) is 0 Å². The minimum absolute atomic E-state index is 0.124. The predicted octanol–water partition coefficient (Wildman–Crippen LogP) is 4.09. The molecule has 1 atom stereocenters. The van der Waals surface area contributed by atoms with E-state index in [1.54, 1.807) is 13.8 Å². The van der Waals surface area contributed by atoms with Gasteiger partial charge in [-0.2, -0.15) is 13.2 Å². The number of alkyl halides is 4. The number of anilines is 1. The first-order valence-electron chi connectivity index (χ1n) is 5.95. The monoisotopic (exact) mass is 385 g/mol. The molecule has 0 aromatic heterocycles. The zero-order chi connectivity index (χ0) is 17.2. The zero-order valence-electron chi connectivity index (χ0n) is 11.4. The average molecular weight is 386 g/mol. The van der Waals surface area contributed by atoms with Gasteiger partial charge in [0.15, 0.2) is 5.69 Å². The Kier molecular flexibility index (Phi) is 5.33. The summed E-state index contributed by atoms with van der Waals surface area (Å²) in [6.07, 6.45) is -4.93. The van der Waals surface area contributed by atoms with Gasteiger partial charge in [0.05, 0.1) is 20.4 Å². The van der Waals surface area contributed by atoms with Gasteiger partial charge in [-0.1, -0.05) is 15.9 Å². The molecule has 0 amide bonds. The Morgan fingerprint density at radius 1 is 1.23 bits per heavy atom. The molecule has 0 radical (unpaired) electrons. The average Bonchev–Trinajstić information content (AvgIpc) is 2.37. The van der Waals surface area contributed by atoms with Crippen molar-refractivity contribution in [1.82, 2.24) is 0 Å². The van der Waals surface area contributed by atoms with E-state index in [1.165, 1.54) is 4.90 Å². The maximum absolute atomic E-state index is 12.8. The number of rotatable bonds is 5. The number of benzene rings is 1. The SMILES string of the molecule is CCN(c1c([N+](=O)[O-])cc(C(F)(F)F)cc1[N+](=O)[O-])C(C)Br. The third-order valence-corrected chi connectivity index (χ3v) is 3.34. The Morgan fingerprint density at radius 2 is 1.64 bits per heavy atom. The lowest BCUT2D eigenvalue weighted by molar-refractivity contribution is -0.393. The molecule has 22 heavy (non-hydrogen) atoms. The van der Waals surface area contributed by atoms with Crippen LogP contribution >= 0.6 is 15.9 Å². The van der Waals surface area contributed by atoms with Crippen molar-refractivity contribution in [3.63, 3.8) is 0 Å². The number of halogens is 4. The highest BCUT2D eigenvalue weighted by Gasteiger charge is 2.39. The van der Waals surface area contributed by atoms with Crippen molar-refractivity contribution >= 4 is 33.0 Å². The van der Waals surface area contributed by atoms with Crippen LogP contribution in [0.25, 0.3) is 0 Å². The predicted molar refractivity (Wildman–Crippen MR) is 76.2 cm³/mol. The van der Waals surface area contributed by atoms with Crippen molar-refractivity contribution in [2.45, 2.75) is 25.0 Å². The molecule has 0 fully saturated rings. The summed E-state index contributed by atoms with van der Waals surface area (Å²) in [7, 11) is 0. The van der Waals surface area contributed by atoms with Gasteiger partial charge in [0, 0.05) is 18.7 Å². The molecule has 1 unspecified atom stereocenters. The first-order valence-corrected chi connectivity index (χ1v) is 6.87. The molecule has 0 aliphatic carbocycles. The van der Waals surface area contributed by atoms with E-state index >= 15 is 0 Å². The maximum atomic E-state index is 12.8. The Hall–Kier alpha value is -1.91. The van der Waals surface area contributed by atoms with Gasteiger partial charge >= 0.3 is 6.18 Å². The van der Waals surface area contributed by atoms with Gasteiger partial charge in [-0.25, -0.2) is 0 Å². The minimum atomic E-state index is -4.93. The summed E-state index contributed by atoms with van der Waals surface area (Å²) in [5.74, 6) is 0. The second-order valence-corrected chi connectivity index (χ2v) is 5.56. The normalized spacial score (nSPS) is 12.8. The summed E-state index contributed by atoms with van der Waals surface area (Å²) < 4.78 is 38.3. The Morgan fingerprint density at radius 3 is 1.86 bits per heavy atom. The second-order valence-electron chi connectivity index (χ2n) is 4.24. The summed E-state index contributed by atoms with van der Waals surface area (Å²) in [6.45, 7) is 3.25. The molecule has 0 aliphatic heterocycles. The third kappa shape index (κ3) is 3.64. The highest BCUT2D eigenvalue weighted by molar-refractivity contribution is 9.09. The van der Waals surface area contributed by atoms with E-state index in [0.29, 0.717) is 12.1 Å². The maximum Gasteiger partial charge on any atom is 0.416 e. The minimum Gasteiger partial charge on any atom is -0.348 e. The van der Waals surface area contributed by atoms with E-state index in [4.69, 9.17) is 0 Å². The van der Waals surface area contributed by atoms with Crippen molar-refractivity contribution in [2.24, 2.45) is 0 Å². The first-order chi connectivity index (χ1) is 10.0. The molecule has 7 nitrogen and oxygen atoms in total. The van der Waals surface area contributed by atoms with Crippen molar-refractivity contribution in [3.8, 4) is 0 Å². The summed E-state index contributed by atoms with van der Waals surface area (Å²) >= 11 is 3.12. The van der Waals surface area contributed by atoms with Crippen LogP contribution in [-0.4, -0.2) is 21.3 Å². The Labute approximate surface area is 131 Å². The second kappa shape index (κ2) is 6.46. The molecule has 0 aliphatic rings. The van der Waals surface area contributed by atoms with Gasteiger partial charge in [-0.15, -0.1) is 0 Å². The van der Waals surface area contributed by atoms with E-state index < -0.39 is 43.6 Å². The summed E-state index contributed by atoms with van der Waals surface area (Å²) in [6, 6.07) is 0.612. The van der Waals surface area contributed by atoms with E-state index in [9.17, 15) is 33.4 Å². The third-order valence-electron chi connectivity index (χ3n) is 2.85. The highest BCUT2D eigenvalue weighted by atomic mass is 79.9. The molecule has 122 valence electrons. The fraction of sp³-hybridized carbons (Fsp3) is 0.455. The van der Waals surface area contributed by atoms with Crippen LogP contribution in [0, 0.1) is 20.2 Å². The van der Waals surface area contributed by atoms with Crippen LogP contribution in [0.4, 0.5) is 30.2 Å². The van der Waals surface area contributed by atoms with Gasteiger partial charge in [0.2, 0.25) is 0 Å². The molecule has 0 saturated carbocycles. The molecule has 0 saturated heterocycles.